The van der Waals surface area contributed by atoms with Crippen LogP contribution in [-0.2, 0) is 12.8 Å². The molecule has 2 aromatic rings. The Morgan fingerprint density at radius 3 is 2.57 bits per heavy atom. The number of hydrogen-bond acceptors (Lipinski definition) is 3. The first-order valence-electron chi connectivity index (χ1n) is 9.52. The van der Waals surface area contributed by atoms with Gasteiger partial charge in [0.15, 0.2) is 0 Å². The number of nitrogen functional groups attached to an aromatic ring is 1. The number of anilines is 1. The fourth-order valence-corrected chi connectivity index (χ4v) is 4.81. The van der Waals surface area contributed by atoms with Crippen LogP contribution in [0.15, 0.2) is 42.0 Å². The van der Waals surface area contributed by atoms with Crippen LogP contribution in [0.3, 0.4) is 0 Å². The van der Waals surface area contributed by atoms with E-state index in [9.17, 15) is 9.18 Å². The number of carbonyl (C=O) groups is 1. The summed E-state index contributed by atoms with van der Waals surface area (Å²) in [6, 6.07) is 6.70. The van der Waals surface area contributed by atoms with E-state index in [0.717, 1.165) is 47.3 Å². The maximum atomic E-state index is 13.1. The van der Waals surface area contributed by atoms with E-state index < -0.39 is 5.91 Å². The molecular formula is C23H27FN2OS. The van der Waals surface area contributed by atoms with Crippen molar-refractivity contribution in [2.24, 2.45) is 11.1 Å². The summed E-state index contributed by atoms with van der Waals surface area (Å²) in [5.41, 5.74) is 16.7. The first-order chi connectivity index (χ1) is 13.2. The van der Waals surface area contributed by atoms with Crippen LogP contribution in [0.1, 0.15) is 60.0 Å². The van der Waals surface area contributed by atoms with Crippen LogP contribution < -0.4 is 11.5 Å². The number of amides is 1. The maximum Gasteiger partial charge on any atom is 0.251 e. The number of primary amides is 1. The first kappa shape index (κ1) is 20.3. The lowest BCUT2D eigenvalue weighted by Gasteiger charge is -2.22. The topological polar surface area (TPSA) is 69.1 Å². The van der Waals surface area contributed by atoms with Crippen LogP contribution in [0.2, 0.25) is 0 Å². The normalized spacial score (nSPS) is 14.6. The maximum absolute atomic E-state index is 13.1. The number of nitrogens with two attached hydrogens (primary N) is 2. The fourth-order valence-electron chi connectivity index (χ4n) is 3.58. The van der Waals surface area contributed by atoms with Crippen molar-refractivity contribution in [3.8, 4) is 0 Å². The van der Waals surface area contributed by atoms with E-state index in [0.29, 0.717) is 10.6 Å². The molecule has 5 heteroatoms. The molecule has 0 spiro atoms. The molecule has 0 bridgehead atoms. The summed E-state index contributed by atoms with van der Waals surface area (Å²) in [5.74, 6) is -0.651. The van der Waals surface area contributed by atoms with Crippen LogP contribution in [0.4, 0.5) is 9.39 Å². The van der Waals surface area contributed by atoms with Gasteiger partial charge in [-0.05, 0) is 66.9 Å². The minimum Gasteiger partial charge on any atom is -0.390 e. The quantitative estimate of drug-likeness (QED) is 0.674. The highest BCUT2D eigenvalue weighted by molar-refractivity contribution is 7.17. The van der Waals surface area contributed by atoms with Gasteiger partial charge in [0.05, 0.1) is 10.6 Å². The molecule has 0 aliphatic heterocycles. The largest absolute Gasteiger partial charge is 0.390 e. The summed E-state index contributed by atoms with van der Waals surface area (Å²) in [5, 5.41) is 0.508. The minimum atomic E-state index is -0.447. The standard InChI is InChI=1S/C23H27FN2OS/c1-14-4-9-18-19(21(25)27)22(26)28-20(18)17(14)11-13-23(2,3)12-10-15-5-7-16(24)8-6-15/h5-8,11,13H,4,9-10,12,26H2,1-3H3,(H2,25,27)/b13-11-. The Hall–Kier alpha value is -2.40. The van der Waals surface area contributed by atoms with E-state index in [1.54, 1.807) is 0 Å². The van der Waals surface area contributed by atoms with E-state index in [1.807, 2.05) is 12.1 Å². The molecule has 0 radical (unpaired) electrons. The third-order valence-corrected chi connectivity index (χ3v) is 6.50. The average molecular weight is 399 g/mol. The zero-order valence-electron chi connectivity index (χ0n) is 16.6. The summed E-state index contributed by atoms with van der Waals surface area (Å²) >= 11 is 1.45. The number of fused-ring (bicyclic) bond motifs is 1. The monoisotopic (exact) mass is 398 g/mol. The van der Waals surface area contributed by atoms with Crippen LogP contribution in [0, 0.1) is 11.2 Å². The summed E-state index contributed by atoms with van der Waals surface area (Å²) in [4.78, 5) is 12.9. The molecule has 3 rings (SSSR count). The van der Waals surface area contributed by atoms with E-state index >= 15 is 0 Å². The van der Waals surface area contributed by atoms with Crippen molar-refractivity contribution in [3.05, 3.63) is 69.4 Å². The first-order valence-corrected chi connectivity index (χ1v) is 10.3. The van der Waals surface area contributed by atoms with Crippen molar-refractivity contribution in [2.45, 2.75) is 46.5 Å². The molecule has 148 valence electrons. The Morgan fingerprint density at radius 1 is 1.25 bits per heavy atom. The zero-order chi connectivity index (χ0) is 20.5. The van der Waals surface area contributed by atoms with Gasteiger partial charge in [-0.15, -0.1) is 11.3 Å². The molecule has 0 atom stereocenters. The number of aryl methyl sites for hydroxylation is 1. The zero-order valence-corrected chi connectivity index (χ0v) is 17.5. The molecule has 28 heavy (non-hydrogen) atoms. The number of thiophene rings is 1. The van der Waals surface area contributed by atoms with Crippen LogP contribution >= 0.6 is 11.3 Å². The number of hydrogen-bond donors (Lipinski definition) is 2. The predicted molar refractivity (Wildman–Crippen MR) is 116 cm³/mol. The number of allylic oxidation sites excluding steroid dienone is 4. The second-order valence-corrected chi connectivity index (χ2v) is 9.21. The molecule has 0 saturated heterocycles. The van der Waals surface area contributed by atoms with E-state index in [2.05, 4.69) is 32.9 Å². The Kier molecular flexibility index (Phi) is 5.75. The second-order valence-electron chi connectivity index (χ2n) is 8.16. The van der Waals surface area contributed by atoms with Gasteiger partial charge in [0.25, 0.3) is 5.91 Å². The van der Waals surface area contributed by atoms with E-state index in [-0.39, 0.29) is 11.2 Å². The molecule has 1 aromatic carbocycles. The van der Waals surface area contributed by atoms with Crippen LogP contribution in [0.25, 0.3) is 5.57 Å². The molecule has 1 amide bonds. The lowest BCUT2D eigenvalue weighted by Crippen LogP contribution is -2.15. The van der Waals surface area contributed by atoms with Gasteiger partial charge in [0, 0.05) is 4.88 Å². The smallest absolute Gasteiger partial charge is 0.251 e. The van der Waals surface area contributed by atoms with E-state index in [4.69, 9.17) is 11.5 Å². The van der Waals surface area contributed by atoms with Crippen LogP contribution in [0.5, 0.6) is 0 Å². The van der Waals surface area contributed by atoms with Gasteiger partial charge >= 0.3 is 0 Å². The molecule has 1 aliphatic rings. The molecule has 1 aromatic heterocycles. The van der Waals surface area contributed by atoms with Crippen molar-refractivity contribution in [1.29, 1.82) is 0 Å². The van der Waals surface area contributed by atoms with Crippen LogP contribution in [-0.4, -0.2) is 5.91 Å². The summed E-state index contributed by atoms with van der Waals surface area (Å²) < 4.78 is 13.1. The summed E-state index contributed by atoms with van der Waals surface area (Å²) in [6.07, 6.45) is 7.94. The molecule has 1 heterocycles. The predicted octanol–water partition coefficient (Wildman–Crippen LogP) is 5.50. The highest BCUT2D eigenvalue weighted by Gasteiger charge is 2.26. The Labute approximate surface area is 169 Å². The number of benzene rings is 1. The van der Waals surface area contributed by atoms with Crippen molar-refractivity contribution in [3.63, 3.8) is 0 Å². The van der Waals surface area contributed by atoms with Crippen molar-refractivity contribution >= 4 is 27.8 Å². The van der Waals surface area contributed by atoms with Gasteiger partial charge in [-0.2, -0.15) is 0 Å². The lowest BCUT2D eigenvalue weighted by molar-refractivity contribution is 0.100. The number of carbonyl (C=O) groups excluding carboxylic acids is 1. The second kappa shape index (κ2) is 7.92. The third kappa shape index (κ3) is 4.36. The van der Waals surface area contributed by atoms with Crippen molar-refractivity contribution < 1.29 is 9.18 Å². The highest BCUT2D eigenvalue weighted by Crippen LogP contribution is 2.42. The molecule has 0 fully saturated rings. The number of halogens is 1. The molecule has 4 N–H and O–H groups in total. The Bertz CT molecular complexity index is 952. The third-order valence-electron chi connectivity index (χ3n) is 5.41. The Balaban J connectivity index is 1.80. The highest BCUT2D eigenvalue weighted by atomic mass is 32.1. The van der Waals surface area contributed by atoms with Gasteiger partial charge in [-0.25, -0.2) is 4.39 Å². The van der Waals surface area contributed by atoms with Gasteiger partial charge in [0.1, 0.15) is 5.82 Å². The molecular weight excluding hydrogens is 371 g/mol. The SMILES string of the molecule is CC1=C(/C=C\C(C)(C)CCc2ccc(F)cc2)c2sc(N)c(C(N)=O)c2CC1. The van der Waals surface area contributed by atoms with E-state index in [1.165, 1.54) is 29.0 Å². The van der Waals surface area contributed by atoms with Gasteiger partial charge in [-0.3, -0.25) is 4.79 Å². The summed E-state index contributed by atoms with van der Waals surface area (Å²) in [6.45, 7) is 6.53. The van der Waals surface area contributed by atoms with Crippen molar-refractivity contribution in [1.82, 2.24) is 0 Å². The van der Waals surface area contributed by atoms with Gasteiger partial charge in [0.2, 0.25) is 0 Å². The lowest BCUT2D eigenvalue weighted by atomic mass is 9.83. The minimum absolute atomic E-state index is 0.0192. The van der Waals surface area contributed by atoms with Gasteiger partial charge < -0.3 is 11.5 Å². The average Bonchev–Trinajstić information content (AvgIpc) is 2.96. The number of rotatable bonds is 6. The van der Waals surface area contributed by atoms with Crippen molar-refractivity contribution in [2.75, 3.05) is 5.73 Å². The molecule has 3 nitrogen and oxygen atoms in total. The molecule has 1 aliphatic carbocycles. The molecule has 0 saturated carbocycles. The summed E-state index contributed by atoms with van der Waals surface area (Å²) in [7, 11) is 0. The Morgan fingerprint density at radius 2 is 1.93 bits per heavy atom. The fraction of sp³-hybridized carbons (Fsp3) is 0.348. The van der Waals surface area contributed by atoms with Gasteiger partial charge in [-0.1, -0.05) is 43.7 Å². The molecule has 0 unspecified atom stereocenters.